The van der Waals surface area contributed by atoms with Crippen molar-refractivity contribution in [2.24, 2.45) is 0 Å². The zero-order valence-corrected chi connectivity index (χ0v) is 15.8. The Kier molecular flexibility index (Phi) is 6.37. The van der Waals surface area contributed by atoms with Crippen LogP contribution in [0.25, 0.3) is 6.08 Å². The number of nitrogens with zero attached hydrogens (tertiary/aromatic N) is 2. The summed E-state index contributed by atoms with van der Waals surface area (Å²) in [6.45, 7) is 5.04. The first-order valence-corrected chi connectivity index (χ1v) is 9.11. The Morgan fingerprint density at radius 1 is 1.15 bits per heavy atom. The summed E-state index contributed by atoms with van der Waals surface area (Å²) < 4.78 is 19.1. The van der Waals surface area contributed by atoms with E-state index in [1.54, 1.807) is 12.1 Å². The van der Waals surface area contributed by atoms with Crippen LogP contribution in [-0.2, 0) is 6.54 Å². The van der Waals surface area contributed by atoms with Gasteiger partial charge in [0.25, 0.3) is 0 Å². The molecule has 142 valence electrons. The molecule has 4 nitrogen and oxygen atoms in total. The van der Waals surface area contributed by atoms with Gasteiger partial charge in [-0.3, -0.25) is 9.69 Å². The second-order valence-electron chi connectivity index (χ2n) is 6.82. The molecule has 1 aliphatic rings. The number of halogens is 1. The van der Waals surface area contributed by atoms with Crippen LogP contribution in [0.15, 0.2) is 48.5 Å². The maximum absolute atomic E-state index is 14.1. The Labute approximate surface area is 159 Å². The molecule has 1 heterocycles. The van der Waals surface area contributed by atoms with Crippen molar-refractivity contribution in [3.05, 3.63) is 71.0 Å². The van der Waals surface area contributed by atoms with Crippen LogP contribution in [0.5, 0.6) is 5.75 Å². The van der Waals surface area contributed by atoms with Crippen molar-refractivity contribution in [2.45, 2.75) is 6.54 Å². The largest absolute Gasteiger partial charge is 0.497 e. The van der Waals surface area contributed by atoms with E-state index in [0.29, 0.717) is 5.75 Å². The van der Waals surface area contributed by atoms with Crippen LogP contribution in [0.1, 0.15) is 21.5 Å². The molecule has 0 bridgehead atoms. The summed E-state index contributed by atoms with van der Waals surface area (Å²) in [5.41, 5.74) is 2.20. The zero-order valence-electron chi connectivity index (χ0n) is 15.8. The van der Waals surface area contributed by atoms with E-state index in [-0.39, 0.29) is 11.3 Å². The van der Waals surface area contributed by atoms with Gasteiger partial charge in [-0.25, -0.2) is 4.39 Å². The van der Waals surface area contributed by atoms with Crippen molar-refractivity contribution >= 4 is 11.9 Å². The lowest BCUT2D eigenvalue weighted by atomic mass is 10.0. The molecule has 0 unspecified atom stereocenters. The summed E-state index contributed by atoms with van der Waals surface area (Å²) >= 11 is 0. The van der Waals surface area contributed by atoms with Crippen LogP contribution in [0, 0.1) is 5.82 Å². The fraction of sp³-hybridized carbons (Fsp3) is 0.318. The van der Waals surface area contributed by atoms with Crippen molar-refractivity contribution in [3.8, 4) is 5.75 Å². The summed E-state index contributed by atoms with van der Waals surface area (Å²) in [6, 6.07) is 12.3. The molecular formula is C22H25FN2O2. The van der Waals surface area contributed by atoms with Gasteiger partial charge >= 0.3 is 0 Å². The number of ether oxygens (including phenoxy) is 1. The summed E-state index contributed by atoms with van der Waals surface area (Å²) in [6.07, 6.45) is 3.21. The first-order valence-electron chi connectivity index (χ1n) is 9.11. The predicted molar refractivity (Wildman–Crippen MR) is 106 cm³/mol. The Hall–Kier alpha value is -2.50. The number of likely N-dealkylation sites (N-methyl/N-ethyl adjacent to an activating group) is 1. The van der Waals surface area contributed by atoms with E-state index in [9.17, 15) is 9.18 Å². The van der Waals surface area contributed by atoms with E-state index in [2.05, 4.69) is 22.9 Å². The average molecular weight is 368 g/mol. The molecule has 0 amide bonds. The molecule has 1 aliphatic heterocycles. The number of hydrogen-bond donors (Lipinski definition) is 0. The van der Waals surface area contributed by atoms with Gasteiger partial charge in [0.1, 0.15) is 11.6 Å². The van der Waals surface area contributed by atoms with E-state index in [1.165, 1.54) is 30.9 Å². The fourth-order valence-electron chi connectivity index (χ4n) is 3.17. The van der Waals surface area contributed by atoms with Crippen molar-refractivity contribution in [3.63, 3.8) is 0 Å². The van der Waals surface area contributed by atoms with Gasteiger partial charge in [-0.1, -0.05) is 30.3 Å². The molecule has 27 heavy (non-hydrogen) atoms. The molecule has 2 aromatic rings. The first-order chi connectivity index (χ1) is 13.1. The SMILES string of the molecule is COc1ccc(C(=O)C=Cc2ccccc2CN2CCN(C)CC2)c(F)c1. The number of ketones is 1. The third-order valence-corrected chi connectivity index (χ3v) is 4.90. The zero-order chi connectivity index (χ0) is 19.2. The van der Waals surface area contributed by atoms with Gasteiger partial charge in [-0.05, 0) is 36.4 Å². The number of carbonyl (C=O) groups excluding carboxylic acids is 1. The Bertz CT molecular complexity index is 827. The van der Waals surface area contributed by atoms with Crippen LogP contribution in [-0.4, -0.2) is 55.9 Å². The number of carbonyl (C=O) groups is 1. The minimum absolute atomic E-state index is 0.0450. The van der Waals surface area contributed by atoms with Crippen LogP contribution in [0.3, 0.4) is 0 Å². The van der Waals surface area contributed by atoms with E-state index in [1.807, 2.05) is 18.2 Å². The highest BCUT2D eigenvalue weighted by atomic mass is 19.1. The first kappa shape index (κ1) is 19.3. The number of methoxy groups -OCH3 is 1. The second kappa shape index (κ2) is 8.93. The van der Waals surface area contributed by atoms with Gasteiger partial charge in [0, 0.05) is 38.8 Å². The average Bonchev–Trinajstić information content (AvgIpc) is 2.68. The van der Waals surface area contributed by atoms with Gasteiger partial charge in [-0.15, -0.1) is 0 Å². The minimum Gasteiger partial charge on any atom is -0.497 e. The van der Waals surface area contributed by atoms with E-state index in [4.69, 9.17) is 4.74 Å². The van der Waals surface area contributed by atoms with E-state index >= 15 is 0 Å². The highest BCUT2D eigenvalue weighted by Gasteiger charge is 2.15. The molecule has 0 radical (unpaired) electrons. The standard InChI is InChI=1S/C22H25FN2O2/c1-24-11-13-25(14-12-24)16-18-6-4-3-5-17(18)7-10-22(26)20-9-8-19(27-2)15-21(20)23/h3-10,15H,11-14,16H2,1-2H3. The van der Waals surface area contributed by atoms with E-state index in [0.717, 1.165) is 38.3 Å². The predicted octanol–water partition coefficient (Wildman–Crippen LogP) is 3.48. The van der Waals surface area contributed by atoms with Gasteiger partial charge < -0.3 is 9.64 Å². The molecule has 1 fully saturated rings. The monoisotopic (exact) mass is 368 g/mol. The third-order valence-electron chi connectivity index (χ3n) is 4.90. The quantitative estimate of drug-likeness (QED) is 0.577. The molecular weight excluding hydrogens is 343 g/mol. The van der Waals surface area contributed by atoms with Crippen molar-refractivity contribution in [1.29, 1.82) is 0 Å². The van der Waals surface area contributed by atoms with Gasteiger partial charge in [0.2, 0.25) is 0 Å². The Morgan fingerprint density at radius 2 is 1.89 bits per heavy atom. The fourth-order valence-corrected chi connectivity index (χ4v) is 3.17. The number of benzene rings is 2. The lowest BCUT2D eigenvalue weighted by Crippen LogP contribution is -2.43. The molecule has 0 saturated carbocycles. The number of piperazine rings is 1. The van der Waals surface area contributed by atoms with Crippen LogP contribution in [0.2, 0.25) is 0 Å². The Balaban J connectivity index is 1.72. The molecule has 0 spiro atoms. The normalized spacial score (nSPS) is 16.0. The lowest BCUT2D eigenvalue weighted by molar-refractivity contribution is 0.104. The van der Waals surface area contributed by atoms with Crippen molar-refractivity contribution < 1.29 is 13.9 Å². The lowest BCUT2D eigenvalue weighted by Gasteiger charge is -2.32. The second-order valence-corrected chi connectivity index (χ2v) is 6.82. The maximum atomic E-state index is 14.1. The highest BCUT2D eigenvalue weighted by molar-refractivity contribution is 6.07. The minimum atomic E-state index is -0.574. The van der Waals surface area contributed by atoms with Gasteiger partial charge in [0.05, 0.1) is 12.7 Å². The molecule has 0 aliphatic carbocycles. The number of hydrogen-bond acceptors (Lipinski definition) is 4. The molecule has 3 rings (SSSR count). The molecule has 0 N–H and O–H groups in total. The topological polar surface area (TPSA) is 32.8 Å². The summed E-state index contributed by atoms with van der Waals surface area (Å²) in [4.78, 5) is 17.1. The smallest absolute Gasteiger partial charge is 0.188 e. The van der Waals surface area contributed by atoms with E-state index < -0.39 is 5.82 Å². The molecule has 1 saturated heterocycles. The van der Waals surface area contributed by atoms with Crippen molar-refractivity contribution in [1.82, 2.24) is 9.80 Å². The highest BCUT2D eigenvalue weighted by Crippen LogP contribution is 2.19. The Morgan fingerprint density at radius 3 is 2.59 bits per heavy atom. The molecule has 0 aromatic heterocycles. The molecule has 5 heteroatoms. The summed E-state index contributed by atoms with van der Waals surface area (Å²) in [5.74, 6) is -0.537. The number of rotatable bonds is 6. The van der Waals surface area contributed by atoms with Crippen LogP contribution in [0.4, 0.5) is 4.39 Å². The van der Waals surface area contributed by atoms with Gasteiger partial charge in [-0.2, -0.15) is 0 Å². The summed E-state index contributed by atoms with van der Waals surface area (Å²) in [5, 5.41) is 0. The summed E-state index contributed by atoms with van der Waals surface area (Å²) in [7, 11) is 3.60. The number of allylic oxidation sites excluding steroid dienone is 1. The molecule has 0 atom stereocenters. The van der Waals surface area contributed by atoms with Crippen molar-refractivity contribution in [2.75, 3.05) is 40.3 Å². The molecule has 2 aromatic carbocycles. The third kappa shape index (κ3) is 5.02. The maximum Gasteiger partial charge on any atom is 0.188 e. The van der Waals surface area contributed by atoms with Gasteiger partial charge in [0.15, 0.2) is 5.78 Å². The van der Waals surface area contributed by atoms with Crippen LogP contribution >= 0.6 is 0 Å². The van der Waals surface area contributed by atoms with Crippen LogP contribution < -0.4 is 4.74 Å².